The van der Waals surface area contributed by atoms with Crippen molar-refractivity contribution in [1.82, 2.24) is 20.8 Å². The van der Waals surface area contributed by atoms with E-state index in [1.54, 1.807) is 0 Å². The van der Waals surface area contributed by atoms with Crippen molar-refractivity contribution in [3.05, 3.63) is 11.7 Å². The van der Waals surface area contributed by atoms with E-state index in [0.717, 1.165) is 12.5 Å². The van der Waals surface area contributed by atoms with Crippen molar-refractivity contribution in [3.8, 4) is 0 Å². The molecule has 0 aliphatic rings. The quantitative estimate of drug-likeness (QED) is 0.301. The summed E-state index contributed by atoms with van der Waals surface area (Å²) in [6, 6.07) is 0. The van der Waals surface area contributed by atoms with Gasteiger partial charge in [0.15, 0.2) is 11.8 Å². The molecule has 7 nitrogen and oxygen atoms in total. The van der Waals surface area contributed by atoms with Gasteiger partial charge in [-0.3, -0.25) is 0 Å². The molecule has 0 radical (unpaired) electrons. The summed E-state index contributed by atoms with van der Waals surface area (Å²) in [4.78, 5) is 8.79. The summed E-state index contributed by atoms with van der Waals surface area (Å²) in [6.45, 7) is 13.3. The number of rotatable bonds is 7. The fraction of sp³-hybridized carbons (Fsp3) is 0.786. The van der Waals surface area contributed by atoms with Gasteiger partial charge in [-0.2, -0.15) is 4.98 Å². The molecule has 0 unspecified atom stereocenters. The summed E-state index contributed by atoms with van der Waals surface area (Å²) in [5.41, 5.74) is -0.144. The number of nitrogens with zero attached hydrogens (tertiary/aromatic N) is 3. The minimum Gasteiger partial charge on any atom is -0.380 e. The predicted octanol–water partition coefficient (Wildman–Crippen LogP) is 2.08. The van der Waals surface area contributed by atoms with Gasteiger partial charge in [0.2, 0.25) is 5.89 Å². The van der Waals surface area contributed by atoms with Crippen LogP contribution in [-0.4, -0.2) is 42.4 Å². The largest absolute Gasteiger partial charge is 0.380 e. The summed E-state index contributed by atoms with van der Waals surface area (Å²) in [5.74, 6) is 1.93. The number of hydrogen-bond acceptors (Lipinski definition) is 5. The van der Waals surface area contributed by atoms with Crippen LogP contribution in [0.5, 0.6) is 0 Å². The molecule has 0 atom stereocenters. The van der Waals surface area contributed by atoms with Gasteiger partial charge in [0.05, 0.1) is 6.61 Å². The fourth-order valence-corrected chi connectivity index (χ4v) is 1.50. The Morgan fingerprint density at radius 2 is 2.00 bits per heavy atom. The molecule has 0 aromatic carbocycles. The van der Waals surface area contributed by atoms with Crippen molar-refractivity contribution in [2.45, 2.75) is 46.6 Å². The zero-order chi connectivity index (χ0) is 15.7. The Labute approximate surface area is 149 Å². The second-order valence-corrected chi connectivity index (χ2v) is 5.58. The van der Waals surface area contributed by atoms with Crippen LogP contribution in [0.4, 0.5) is 0 Å². The number of aliphatic imine (C=N–C) groups is 1. The fourth-order valence-electron chi connectivity index (χ4n) is 1.50. The third-order valence-corrected chi connectivity index (χ3v) is 2.58. The molecule has 0 saturated heterocycles. The molecule has 0 fully saturated rings. The van der Waals surface area contributed by atoms with Gasteiger partial charge in [-0.1, -0.05) is 25.9 Å². The van der Waals surface area contributed by atoms with Crippen molar-refractivity contribution in [1.29, 1.82) is 0 Å². The Bertz CT molecular complexity index is 443. The number of halogens is 1. The van der Waals surface area contributed by atoms with Crippen LogP contribution in [0.15, 0.2) is 9.52 Å². The van der Waals surface area contributed by atoms with E-state index in [1.807, 2.05) is 34.6 Å². The van der Waals surface area contributed by atoms with Crippen molar-refractivity contribution in [2.75, 3.05) is 26.3 Å². The SMILES string of the molecule is CCNC(=NCc1noc(C(C)(C)C)n1)NCCOCC.I. The van der Waals surface area contributed by atoms with Gasteiger partial charge in [0.25, 0.3) is 0 Å². The van der Waals surface area contributed by atoms with Crippen LogP contribution in [0.1, 0.15) is 46.3 Å². The van der Waals surface area contributed by atoms with E-state index in [9.17, 15) is 0 Å². The second kappa shape index (κ2) is 10.8. The van der Waals surface area contributed by atoms with E-state index in [-0.39, 0.29) is 29.4 Å². The summed E-state index contributed by atoms with van der Waals surface area (Å²) < 4.78 is 10.5. The number of hydrogen-bond donors (Lipinski definition) is 2. The topological polar surface area (TPSA) is 84.6 Å². The first kappa shape index (κ1) is 21.1. The van der Waals surface area contributed by atoms with Crippen LogP contribution < -0.4 is 10.6 Å². The van der Waals surface area contributed by atoms with Gasteiger partial charge < -0.3 is 19.9 Å². The lowest BCUT2D eigenvalue weighted by atomic mass is 9.97. The normalized spacial score (nSPS) is 12.0. The lowest BCUT2D eigenvalue weighted by Crippen LogP contribution is -2.39. The highest BCUT2D eigenvalue weighted by Crippen LogP contribution is 2.19. The van der Waals surface area contributed by atoms with Crippen molar-refractivity contribution >= 4 is 29.9 Å². The highest BCUT2D eigenvalue weighted by Gasteiger charge is 2.21. The van der Waals surface area contributed by atoms with E-state index in [1.165, 1.54) is 0 Å². The average molecular weight is 425 g/mol. The first-order chi connectivity index (χ1) is 9.97. The zero-order valence-electron chi connectivity index (χ0n) is 14.1. The second-order valence-electron chi connectivity index (χ2n) is 5.58. The molecule has 1 aromatic heterocycles. The number of nitrogens with one attached hydrogen (secondary N) is 2. The van der Waals surface area contributed by atoms with Gasteiger partial charge in [0.1, 0.15) is 6.54 Å². The maximum absolute atomic E-state index is 5.28. The van der Waals surface area contributed by atoms with E-state index in [0.29, 0.717) is 38.0 Å². The van der Waals surface area contributed by atoms with Crippen LogP contribution in [-0.2, 0) is 16.7 Å². The molecule has 22 heavy (non-hydrogen) atoms. The summed E-state index contributed by atoms with van der Waals surface area (Å²) in [5, 5.41) is 10.3. The predicted molar refractivity (Wildman–Crippen MR) is 97.7 cm³/mol. The smallest absolute Gasteiger partial charge is 0.232 e. The zero-order valence-corrected chi connectivity index (χ0v) is 16.4. The lowest BCUT2D eigenvalue weighted by Gasteiger charge is -2.11. The summed E-state index contributed by atoms with van der Waals surface area (Å²) >= 11 is 0. The number of ether oxygens (including phenoxy) is 1. The van der Waals surface area contributed by atoms with E-state index in [4.69, 9.17) is 9.26 Å². The Hall–Kier alpha value is -0.900. The summed E-state index contributed by atoms with van der Waals surface area (Å²) in [7, 11) is 0. The first-order valence-electron chi connectivity index (χ1n) is 7.40. The molecule has 2 N–H and O–H groups in total. The van der Waals surface area contributed by atoms with E-state index in [2.05, 4.69) is 25.8 Å². The molecule has 0 bridgehead atoms. The van der Waals surface area contributed by atoms with Crippen LogP contribution in [0.25, 0.3) is 0 Å². The van der Waals surface area contributed by atoms with Gasteiger partial charge in [0, 0.05) is 25.1 Å². The van der Waals surface area contributed by atoms with Gasteiger partial charge in [-0.15, -0.1) is 24.0 Å². The third-order valence-electron chi connectivity index (χ3n) is 2.58. The Morgan fingerprint density at radius 3 is 2.55 bits per heavy atom. The highest BCUT2D eigenvalue weighted by atomic mass is 127. The molecule has 0 saturated carbocycles. The maximum atomic E-state index is 5.28. The number of guanidine groups is 1. The molecule has 0 aliphatic heterocycles. The number of aromatic nitrogens is 2. The molecule has 128 valence electrons. The average Bonchev–Trinajstić information content (AvgIpc) is 2.89. The van der Waals surface area contributed by atoms with Crippen molar-refractivity contribution in [3.63, 3.8) is 0 Å². The Morgan fingerprint density at radius 1 is 1.27 bits per heavy atom. The van der Waals surface area contributed by atoms with Crippen LogP contribution in [0, 0.1) is 0 Å². The highest BCUT2D eigenvalue weighted by molar-refractivity contribution is 14.0. The molecule has 0 aliphatic carbocycles. The Balaban J connectivity index is 0.00000441. The third kappa shape index (κ3) is 7.92. The standard InChI is InChI=1S/C14H27N5O2.HI/c1-6-15-13(16-8-9-20-7-2)17-10-11-18-12(21-19-11)14(3,4)5;/h6-10H2,1-5H3,(H2,15,16,17);1H. The van der Waals surface area contributed by atoms with E-state index < -0.39 is 0 Å². The van der Waals surface area contributed by atoms with Gasteiger partial charge >= 0.3 is 0 Å². The van der Waals surface area contributed by atoms with Gasteiger partial charge in [-0.25, -0.2) is 4.99 Å². The van der Waals surface area contributed by atoms with Crippen molar-refractivity contribution in [2.24, 2.45) is 4.99 Å². The molecule has 1 heterocycles. The molecule has 8 heteroatoms. The lowest BCUT2D eigenvalue weighted by molar-refractivity contribution is 0.152. The maximum Gasteiger partial charge on any atom is 0.232 e. The molecule has 0 amide bonds. The minimum absolute atomic E-state index is 0. The Kier molecular flexibility index (Phi) is 10.3. The molecular formula is C14H28IN5O2. The monoisotopic (exact) mass is 425 g/mol. The van der Waals surface area contributed by atoms with Crippen LogP contribution in [0.2, 0.25) is 0 Å². The van der Waals surface area contributed by atoms with Crippen LogP contribution in [0.3, 0.4) is 0 Å². The van der Waals surface area contributed by atoms with E-state index >= 15 is 0 Å². The minimum atomic E-state index is -0.144. The molecule has 1 aromatic rings. The molecule has 1 rings (SSSR count). The van der Waals surface area contributed by atoms with Crippen LogP contribution >= 0.6 is 24.0 Å². The molecule has 0 spiro atoms. The first-order valence-corrected chi connectivity index (χ1v) is 7.40. The molecular weight excluding hydrogens is 397 g/mol. The van der Waals surface area contributed by atoms with Crippen molar-refractivity contribution < 1.29 is 9.26 Å². The summed E-state index contributed by atoms with van der Waals surface area (Å²) in [6.07, 6.45) is 0. The van der Waals surface area contributed by atoms with Gasteiger partial charge in [-0.05, 0) is 13.8 Å².